The van der Waals surface area contributed by atoms with Crippen LogP contribution in [0.15, 0.2) is 41.5 Å². The summed E-state index contributed by atoms with van der Waals surface area (Å²) in [6, 6.07) is 12.4. The van der Waals surface area contributed by atoms with Crippen LogP contribution in [-0.2, 0) is 6.54 Å². The van der Waals surface area contributed by atoms with Crippen LogP contribution in [0.25, 0.3) is 0 Å². The van der Waals surface area contributed by atoms with E-state index in [9.17, 15) is 4.39 Å². The Balaban J connectivity index is 1.56. The zero-order valence-electron chi connectivity index (χ0n) is 16.5. The van der Waals surface area contributed by atoms with E-state index in [0.717, 1.165) is 37.8 Å². The molecule has 0 bridgehead atoms. The largest absolute Gasteiger partial charge is 0.375 e. The molecule has 1 fully saturated rings. The molecule has 0 saturated carbocycles. The van der Waals surface area contributed by atoms with Gasteiger partial charge in [-0.3, -0.25) is 5.43 Å². The van der Waals surface area contributed by atoms with Gasteiger partial charge in [0.1, 0.15) is 5.82 Å². The molecule has 1 atom stereocenters. The highest BCUT2D eigenvalue weighted by atomic mass is 32.1. The minimum Gasteiger partial charge on any atom is -0.375 e. The zero-order valence-corrected chi connectivity index (χ0v) is 18.5. The first kappa shape index (κ1) is 21.6. The van der Waals surface area contributed by atoms with Gasteiger partial charge in [-0.1, -0.05) is 29.8 Å². The molecule has 1 saturated heterocycles. The van der Waals surface area contributed by atoms with Crippen molar-refractivity contribution in [3.8, 4) is 0 Å². The number of hydrogen-bond acceptors (Lipinski definition) is 4. The van der Waals surface area contributed by atoms with Crippen molar-refractivity contribution in [3.05, 3.63) is 58.9 Å². The van der Waals surface area contributed by atoms with Gasteiger partial charge in [0.05, 0.1) is 11.9 Å². The van der Waals surface area contributed by atoms with E-state index in [1.54, 1.807) is 0 Å². The van der Waals surface area contributed by atoms with Crippen molar-refractivity contribution >= 4 is 43.8 Å². The number of thiocarbonyl (C=S) groups is 1. The molecule has 0 aliphatic carbocycles. The number of rotatable bonds is 6. The molecule has 0 radical (unpaired) electrons. The third-order valence-corrected chi connectivity index (χ3v) is 5.67. The van der Waals surface area contributed by atoms with Crippen molar-refractivity contribution in [2.45, 2.75) is 32.4 Å². The maximum atomic E-state index is 14.7. The van der Waals surface area contributed by atoms with Crippen molar-refractivity contribution in [1.29, 1.82) is 0 Å². The lowest BCUT2D eigenvalue weighted by molar-refractivity contribution is 0.411. The molecule has 1 aliphatic rings. The number of hydrazone groups is 1. The van der Waals surface area contributed by atoms with Gasteiger partial charge in [0.25, 0.3) is 0 Å². The van der Waals surface area contributed by atoms with Gasteiger partial charge < -0.3 is 16.0 Å². The van der Waals surface area contributed by atoms with Gasteiger partial charge in [-0.25, -0.2) is 4.39 Å². The van der Waals surface area contributed by atoms with Gasteiger partial charge in [0, 0.05) is 31.2 Å². The molecule has 154 valence electrons. The lowest BCUT2D eigenvalue weighted by Crippen LogP contribution is -2.42. The molecule has 1 aliphatic heterocycles. The molecule has 0 amide bonds. The Hall–Kier alpha value is -2.08. The summed E-state index contributed by atoms with van der Waals surface area (Å²) in [6.07, 6.45) is 3.48. The Kier molecular flexibility index (Phi) is 7.53. The molecule has 1 heterocycles. The molecule has 0 spiro atoms. The summed E-state index contributed by atoms with van der Waals surface area (Å²) >= 11 is 4.70. The van der Waals surface area contributed by atoms with Gasteiger partial charge >= 0.3 is 0 Å². The Labute approximate surface area is 179 Å². The first-order valence-electron chi connectivity index (χ1n) is 9.64. The number of nitrogens with zero attached hydrogens (tertiary/aromatic N) is 2. The minimum atomic E-state index is -0.251. The fourth-order valence-corrected chi connectivity index (χ4v) is 3.77. The second-order valence-corrected chi connectivity index (χ2v) is 8.36. The third kappa shape index (κ3) is 6.20. The smallest absolute Gasteiger partial charge is 0.184 e. The van der Waals surface area contributed by atoms with Crippen LogP contribution >= 0.6 is 21.5 Å². The second-order valence-electron chi connectivity index (χ2n) is 7.29. The average Bonchev–Trinajstić information content (AvgIpc) is 2.70. The van der Waals surface area contributed by atoms with Gasteiger partial charge in [-0.15, -0.1) is 9.24 Å². The van der Waals surface area contributed by atoms with E-state index < -0.39 is 0 Å². The number of aryl methyl sites for hydroxylation is 1. The van der Waals surface area contributed by atoms with Crippen LogP contribution in [0, 0.1) is 12.7 Å². The van der Waals surface area contributed by atoms with Crippen molar-refractivity contribution in [2.75, 3.05) is 18.0 Å². The van der Waals surface area contributed by atoms with E-state index in [-0.39, 0.29) is 10.9 Å². The van der Waals surface area contributed by atoms with E-state index >= 15 is 0 Å². The molecular weight excluding hydrogens is 404 g/mol. The fraction of sp³-hybridized carbons (Fsp3) is 0.333. The number of hydrogen-bond donors (Lipinski definition) is 3. The standard InChI is InChI=1S/C21H27FN5PS/c1-14-2-4-15(5-3-14)12-24-17-6-8-27(9-7-17)19-11-20(28)16(10-18(19)22)13-25-26-21(23)29/h2-5,10-11,13,17,24H,6-9,12,28H2,1H3,(H3,23,26,29)/b25-13+. The maximum Gasteiger partial charge on any atom is 0.184 e. The van der Waals surface area contributed by atoms with E-state index in [2.05, 4.69) is 61.2 Å². The number of anilines is 1. The Morgan fingerprint density at radius 2 is 2.00 bits per heavy atom. The topological polar surface area (TPSA) is 65.7 Å². The van der Waals surface area contributed by atoms with Crippen LogP contribution in [0.4, 0.5) is 10.1 Å². The molecule has 3 rings (SSSR count). The van der Waals surface area contributed by atoms with Crippen molar-refractivity contribution < 1.29 is 4.39 Å². The van der Waals surface area contributed by atoms with Crippen LogP contribution < -0.4 is 26.7 Å². The number of halogens is 1. The summed E-state index contributed by atoms with van der Waals surface area (Å²) in [5.41, 5.74) is 11.7. The van der Waals surface area contributed by atoms with Gasteiger partial charge in [0.15, 0.2) is 5.11 Å². The van der Waals surface area contributed by atoms with E-state index in [1.165, 1.54) is 23.4 Å². The molecule has 29 heavy (non-hydrogen) atoms. The molecule has 2 aromatic carbocycles. The molecular formula is C21H27FN5PS. The Morgan fingerprint density at radius 1 is 1.31 bits per heavy atom. The predicted molar refractivity (Wildman–Crippen MR) is 127 cm³/mol. The lowest BCUT2D eigenvalue weighted by Gasteiger charge is -2.34. The highest BCUT2D eigenvalue weighted by Gasteiger charge is 2.21. The second kappa shape index (κ2) is 10.1. The van der Waals surface area contributed by atoms with Crippen molar-refractivity contribution in [3.63, 3.8) is 0 Å². The quantitative estimate of drug-likeness (QED) is 0.284. The zero-order chi connectivity index (χ0) is 20.8. The maximum absolute atomic E-state index is 14.7. The molecule has 2 aromatic rings. The van der Waals surface area contributed by atoms with Crippen LogP contribution in [0.2, 0.25) is 0 Å². The molecule has 0 aromatic heterocycles. The molecule has 8 heteroatoms. The molecule has 1 unspecified atom stereocenters. The summed E-state index contributed by atoms with van der Waals surface area (Å²) in [5.74, 6) is -0.251. The summed E-state index contributed by atoms with van der Waals surface area (Å²) in [4.78, 5) is 2.11. The highest BCUT2D eigenvalue weighted by molar-refractivity contribution is 7.80. The highest BCUT2D eigenvalue weighted by Crippen LogP contribution is 2.24. The normalized spacial score (nSPS) is 15.1. The monoisotopic (exact) mass is 431 g/mol. The van der Waals surface area contributed by atoms with Crippen molar-refractivity contribution in [2.24, 2.45) is 10.8 Å². The third-order valence-electron chi connectivity index (χ3n) is 5.08. The van der Waals surface area contributed by atoms with E-state index in [1.807, 2.05) is 6.07 Å². The number of piperidine rings is 1. The summed E-state index contributed by atoms with van der Waals surface area (Å²) in [7, 11) is 2.63. The number of nitrogens with two attached hydrogens (primary N) is 1. The predicted octanol–water partition coefficient (Wildman–Crippen LogP) is 2.56. The Morgan fingerprint density at radius 3 is 2.66 bits per heavy atom. The van der Waals surface area contributed by atoms with Crippen LogP contribution in [-0.4, -0.2) is 30.5 Å². The van der Waals surface area contributed by atoms with Gasteiger partial charge in [-0.2, -0.15) is 5.10 Å². The van der Waals surface area contributed by atoms with Crippen molar-refractivity contribution in [1.82, 2.24) is 10.7 Å². The number of benzene rings is 2. The SMILES string of the molecule is Cc1ccc(CNC2CCN(c3cc(P)c(/C=N/NC(N)=S)cc3F)CC2)cc1. The molecule has 5 nitrogen and oxygen atoms in total. The molecule has 4 N–H and O–H groups in total. The van der Waals surface area contributed by atoms with Crippen LogP contribution in [0.5, 0.6) is 0 Å². The number of nitrogens with one attached hydrogen (secondary N) is 2. The summed E-state index contributed by atoms with van der Waals surface area (Å²) in [6.45, 7) is 4.60. The summed E-state index contributed by atoms with van der Waals surface area (Å²) in [5, 5.41) is 8.47. The van der Waals surface area contributed by atoms with E-state index in [4.69, 9.17) is 18.0 Å². The first-order chi connectivity index (χ1) is 13.9. The minimum absolute atomic E-state index is 0.0718. The average molecular weight is 432 g/mol. The fourth-order valence-electron chi connectivity index (χ4n) is 3.41. The Bertz CT molecular complexity index is 879. The summed E-state index contributed by atoms with van der Waals surface area (Å²) < 4.78 is 14.7. The lowest BCUT2D eigenvalue weighted by atomic mass is 10.0. The van der Waals surface area contributed by atoms with E-state index in [0.29, 0.717) is 17.3 Å². The first-order valence-corrected chi connectivity index (χ1v) is 10.6. The van der Waals surface area contributed by atoms with Crippen LogP contribution in [0.1, 0.15) is 29.5 Å². The van der Waals surface area contributed by atoms with Gasteiger partial charge in [-0.05, 0) is 55.0 Å². The van der Waals surface area contributed by atoms with Gasteiger partial charge in [0.2, 0.25) is 0 Å². The van der Waals surface area contributed by atoms with Crippen LogP contribution in [0.3, 0.4) is 0 Å².